The van der Waals surface area contributed by atoms with Crippen LogP contribution in [0.4, 0.5) is 33.3 Å². The van der Waals surface area contributed by atoms with Gasteiger partial charge in [-0.2, -0.15) is 13.2 Å². The number of anilines is 2. The molecule has 1 aromatic carbocycles. The Labute approximate surface area is 212 Å². The Hall–Kier alpha value is -4.41. The van der Waals surface area contributed by atoms with Crippen LogP contribution in [0, 0.1) is 18.6 Å². The van der Waals surface area contributed by atoms with Gasteiger partial charge >= 0.3 is 6.18 Å². The molecule has 0 saturated heterocycles. The molecule has 0 saturated carbocycles. The van der Waals surface area contributed by atoms with Crippen molar-refractivity contribution in [3.63, 3.8) is 0 Å². The number of aromatic nitrogens is 3. The van der Waals surface area contributed by atoms with Gasteiger partial charge in [0.25, 0.3) is 0 Å². The summed E-state index contributed by atoms with van der Waals surface area (Å²) in [6, 6.07) is 6.39. The third-order valence-electron chi connectivity index (χ3n) is 7.07. The van der Waals surface area contributed by atoms with Gasteiger partial charge in [-0.1, -0.05) is 6.07 Å². The summed E-state index contributed by atoms with van der Waals surface area (Å²) in [4.78, 5) is 19.6. The van der Waals surface area contributed by atoms with E-state index in [1.165, 1.54) is 15.0 Å². The Morgan fingerprint density at radius 3 is 2.50 bits per heavy atom. The van der Waals surface area contributed by atoms with E-state index in [1.54, 1.807) is 43.3 Å². The molecule has 0 unspecified atom stereocenters. The maximum absolute atomic E-state index is 14.5. The highest BCUT2D eigenvalue weighted by atomic mass is 19.4. The van der Waals surface area contributed by atoms with Crippen molar-refractivity contribution in [3.05, 3.63) is 88.6 Å². The van der Waals surface area contributed by atoms with Crippen LogP contribution in [0.1, 0.15) is 32.9 Å². The molecule has 194 valence electrons. The number of hydrogen-bond donors (Lipinski definition) is 1. The molecule has 0 bridgehead atoms. The minimum Gasteiger partial charge on any atom is -0.394 e. The molecule has 1 aliphatic rings. The maximum atomic E-state index is 14.5. The molecule has 6 rings (SSSR count). The Morgan fingerprint density at radius 1 is 1.11 bits per heavy atom. The zero-order valence-electron chi connectivity index (χ0n) is 20.2. The number of pyridine rings is 2. The van der Waals surface area contributed by atoms with Crippen molar-refractivity contribution in [3.8, 4) is 11.1 Å². The first-order valence-corrected chi connectivity index (χ1v) is 11.7. The van der Waals surface area contributed by atoms with E-state index in [9.17, 15) is 26.7 Å². The largest absolute Gasteiger partial charge is 0.418 e. The van der Waals surface area contributed by atoms with E-state index < -0.39 is 34.8 Å². The SMILES string of the molecule is Cc1cnc2c3c(c(C(F)(F)F)cn12)-c1cccn2c(C(=O)c4cc(F)c(N)c(F)c4)cc(c12)CCN3C. The highest BCUT2D eigenvalue weighted by molar-refractivity contribution is 6.10. The molecule has 6 nitrogen and oxygen atoms in total. The first-order valence-electron chi connectivity index (χ1n) is 11.7. The molecule has 38 heavy (non-hydrogen) atoms. The van der Waals surface area contributed by atoms with Crippen LogP contribution < -0.4 is 10.6 Å². The second-order valence-electron chi connectivity index (χ2n) is 9.41. The van der Waals surface area contributed by atoms with E-state index in [-0.39, 0.29) is 22.4 Å². The predicted molar refractivity (Wildman–Crippen MR) is 132 cm³/mol. The van der Waals surface area contributed by atoms with E-state index >= 15 is 0 Å². The topological polar surface area (TPSA) is 68.0 Å². The number of aryl methyl sites for hydroxylation is 1. The van der Waals surface area contributed by atoms with E-state index in [4.69, 9.17) is 5.73 Å². The molecular weight excluding hydrogens is 505 g/mol. The average Bonchev–Trinajstić information content (AvgIpc) is 3.43. The minimum atomic E-state index is -4.69. The number of carbonyl (C=O) groups excluding carboxylic acids is 1. The zero-order valence-corrected chi connectivity index (χ0v) is 20.2. The second kappa shape index (κ2) is 8.04. The minimum absolute atomic E-state index is 0.0497. The number of likely N-dealkylation sites (N-methyl/N-ethyl adjacent to an activating group) is 1. The van der Waals surface area contributed by atoms with Crippen molar-refractivity contribution in [2.75, 3.05) is 24.2 Å². The third-order valence-corrected chi connectivity index (χ3v) is 7.07. The van der Waals surface area contributed by atoms with Gasteiger partial charge in [0.2, 0.25) is 5.78 Å². The molecule has 4 aromatic heterocycles. The van der Waals surface area contributed by atoms with E-state index in [1.807, 2.05) is 0 Å². The molecule has 1 aliphatic heterocycles. The molecule has 5 aromatic rings. The summed E-state index contributed by atoms with van der Waals surface area (Å²) in [6.45, 7) is 2.02. The lowest BCUT2D eigenvalue weighted by atomic mass is 9.94. The van der Waals surface area contributed by atoms with Crippen LogP contribution in [0.2, 0.25) is 0 Å². The molecule has 0 atom stereocenters. The van der Waals surface area contributed by atoms with Crippen LogP contribution in [-0.2, 0) is 12.6 Å². The number of hydrogen-bond acceptors (Lipinski definition) is 4. The number of ketones is 1. The number of rotatable bonds is 2. The highest BCUT2D eigenvalue weighted by Gasteiger charge is 2.39. The number of nitrogen functional groups attached to an aromatic ring is 1. The number of benzene rings is 1. The zero-order chi connectivity index (χ0) is 27.1. The maximum Gasteiger partial charge on any atom is 0.418 e. The average molecular weight is 525 g/mol. The van der Waals surface area contributed by atoms with E-state index in [0.717, 1.165) is 18.3 Å². The molecular formula is C27H20F5N5O. The number of nitrogens with zero attached hydrogens (tertiary/aromatic N) is 4. The van der Waals surface area contributed by atoms with E-state index in [2.05, 4.69) is 4.98 Å². The van der Waals surface area contributed by atoms with Crippen LogP contribution in [0.5, 0.6) is 0 Å². The van der Waals surface area contributed by atoms with Crippen LogP contribution >= 0.6 is 0 Å². The molecule has 5 heterocycles. The van der Waals surface area contributed by atoms with Crippen molar-refractivity contribution in [2.24, 2.45) is 0 Å². The highest BCUT2D eigenvalue weighted by Crippen LogP contribution is 2.47. The summed E-state index contributed by atoms with van der Waals surface area (Å²) in [6.07, 6.45) is -0.171. The Balaban J connectivity index is 1.68. The van der Waals surface area contributed by atoms with E-state index in [0.29, 0.717) is 41.1 Å². The fraction of sp³-hybridized carbons (Fsp3) is 0.185. The van der Waals surface area contributed by atoms with Gasteiger partial charge in [-0.25, -0.2) is 13.8 Å². The summed E-state index contributed by atoms with van der Waals surface area (Å²) >= 11 is 0. The van der Waals surface area contributed by atoms with Gasteiger partial charge in [-0.15, -0.1) is 0 Å². The predicted octanol–water partition coefficient (Wildman–Crippen LogP) is 5.66. The molecule has 2 N–H and O–H groups in total. The van der Waals surface area contributed by atoms with Crippen molar-refractivity contribution in [1.82, 2.24) is 13.8 Å². The van der Waals surface area contributed by atoms with Crippen molar-refractivity contribution >= 4 is 28.3 Å². The van der Waals surface area contributed by atoms with Crippen LogP contribution in [0.25, 0.3) is 22.3 Å². The monoisotopic (exact) mass is 525 g/mol. The Morgan fingerprint density at radius 2 is 1.82 bits per heavy atom. The molecule has 0 radical (unpaired) electrons. The molecule has 11 heteroatoms. The number of nitrogens with two attached hydrogens (primary N) is 1. The fourth-order valence-electron chi connectivity index (χ4n) is 5.24. The first-order chi connectivity index (χ1) is 18.0. The van der Waals surface area contributed by atoms with Crippen molar-refractivity contribution in [2.45, 2.75) is 19.5 Å². The van der Waals surface area contributed by atoms with Gasteiger partial charge in [0, 0.05) is 54.6 Å². The number of halogens is 5. The third kappa shape index (κ3) is 3.37. The summed E-state index contributed by atoms with van der Waals surface area (Å²) in [7, 11) is 1.70. The molecule has 0 amide bonds. The van der Waals surface area contributed by atoms with Gasteiger partial charge in [0.1, 0.15) is 17.3 Å². The van der Waals surface area contributed by atoms with Crippen LogP contribution in [0.15, 0.2) is 48.9 Å². The second-order valence-corrected chi connectivity index (χ2v) is 9.41. The first kappa shape index (κ1) is 24.0. The Bertz CT molecular complexity index is 1780. The lowest BCUT2D eigenvalue weighted by Crippen LogP contribution is -2.25. The van der Waals surface area contributed by atoms with Crippen LogP contribution in [0.3, 0.4) is 0 Å². The van der Waals surface area contributed by atoms with Crippen LogP contribution in [-0.4, -0.2) is 33.2 Å². The lowest BCUT2D eigenvalue weighted by Gasteiger charge is -2.28. The standard InChI is InChI=1S/C27H20F5N5O/c1-13-11-34-26-24-21(17(12-37(13)26)27(30,31)32)16-4-3-6-36-20(10-14(23(16)36)5-7-35(24)2)25(38)15-8-18(28)22(33)19(29)9-15/h3-4,6,8-12H,5,7,33H2,1-2H3. The summed E-state index contributed by atoms with van der Waals surface area (Å²) in [5.41, 5.74) is 6.14. The van der Waals surface area contributed by atoms with Gasteiger partial charge in [-0.05, 0) is 43.2 Å². The summed E-state index contributed by atoms with van der Waals surface area (Å²) in [5.74, 6) is -2.83. The molecule has 0 spiro atoms. The van der Waals surface area contributed by atoms with Crippen molar-refractivity contribution in [1.29, 1.82) is 0 Å². The number of imidazole rings is 1. The molecule has 0 aliphatic carbocycles. The van der Waals surface area contributed by atoms with Gasteiger partial charge in [0.05, 0.1) is 22.5 Å². The molecule has 0 fully saturated rings. The number of carbonyl (C=O) groups is 1. The lowest BCUT2D eigenvalue weighted by molar-refractivity contribution is -0.137. The van der Waals surface area contributed by atoms with Gasteiger partial charge in [0.15, 0.2) is 5.65 Å². The summed E-state index contributed by atoms with van der Waals surface area (Å²) < 4.78 is 74.8. The summed E-state index contributed by atoms with van der Waals surface area (Å²) in [5, 5.41) is 0. The Kier molecular flexibility index (Phi) is 5.07. The number of fused-ring (bicyclic) bond motifs is 4. The number of alkyl halides is 3. The smallest absolute Gasteiger partial charge is 0.394 e. The van der Waals surface area contributed by atoms with Gasteiger partial charge < -0.3 is 19.4 Å². The van der Waals surface area contributed by atoms with Gasteiger partial charge in [-0.3, -0.25) is 4.79 Å². The fourth-order valence-corrected chi connectivity index (χ4v) is 5.24. The normalized spacial score (nSPS) is 13.6. The van der Waals surface area contributed by atoms with Crippen molar-refractivity contribution < 1.29 is 26.7 Å². The quantitative estimate of drug-likeness (QED) is 0.183.